The largest absolute Gasteiger partial charge is 0.460 e. The molecule has 1 aliphatic heterocycles. The molecule has 0 fully saturated rings. The van der Waals surface area contributed by atoms with Crippen molar-refractivity contribution >= 4 is 40.6 Å². The Kier molecular flexibility index (Phi) is 6.36. The molecule has 0 aliphatic carbocycles. The maximum Gasteiger partial charge on any atom is 0.275 e. The Morgan fingerprint density at radius 2 is 2.00 bits per heavy atom. The van der Waals surface area contributed by atoms with E-state index in [9.17, 15) is 9.59 Å². The van der Waals surface area contributed by atoms with Crippen molar-refractivity contribution < 1.29 is 14.3 Å². The van der Waals surface area contributed by atoms with Gasteiger partial charge in [-0.15, -0.1) is 0 Å². The minimum atomic E-state index is -1.09. The molecule has 0 bridgehead atoms. The number of hydrogen-bond donors (Lipinski definition) is 1. The molecule has 30 heavy (non-hydrogen) atoms. The van der Waals surface area contributed by atoms with Crippen molar-refractivity contribution in [3.63, 3.8) is 0 Å². The fraction of sp³-hybridized carbons (Fsp3) is 0.435. The summed E-state index contributed by atoms with van der Waals surface area (Å²) in [6.07, 6.45) is 1.25. The third kappa shape index (κ3) is 4.43. The van der Waals surface area contributed by atoms with Gasteiger partial charge in [0.2, 0.25) is 11.8 Å². The first-order chi connectivity index (χ1) is 14.1. The molecule has 1 aliphatic rings. The number of hydrogen-bond acceptors (Lipinski definition) is 4. The van der Waals surface area contributed by atoms with Crippen LogP contribution in [0.2, 0.25) is 5.02 Å². The van der Waals surface area contributed by atoms with E-state index in [1.165, 1.54) is 0 Å². The number of halogens is 1. The van der Waals surface area contributed by atoms with Crippen LogP contribution < -0.4 is 15.0 Å². The quantitative estimate of drug-likeness (QED) is 0.650. The highest BCUT2D eigenvalue weighted by Gasteiger charge is 2.46. The molecule has 0 saturated heterocycles. The van der Waals surface area contributed by atoms with Crippen LogP contribution in [0, 0.1) is 11.8 Å². The van der Waals surface area contributed by atoms with Gasteiger partial charge in [-0.2, -0.15) is 4.98 Å². The summed E-state index contributed by atoms with van der Waals surface area (Å²) in [5, 5.41) is 3.36. The zero-order valence-corrected chi connectivity index (χ0v) is 18.8. The second-order valence-corrected chi connectivity index (χ2v) is 8.81. The van der Waals surface area contributed by atoms with Gasteiger partial charge in [-0.05, 0) is 56.0 Å². The normalized spacial score (nSPS) is 19.3. The molecule has 2 heterocycles. The fourth-order valence-corrected chi connectivity index (χ4v) is 3.75. The summed E-state index contributed by atoms with van der Waals surface area (Å²) in [4.78, 5) is 31.9. The van der Waals surface area contributed by atoms with E-state index >= 15 is 0 Å². The van der Waals surface area contributed by atoms with Gasteiger partial charge >= 0.3 is 0 Å². The van der Waals surface area contributed by atoms with E-state index in [1.807, 2.05) is 33.8 Å². The lowest BCUT2D eigenvalue weighted by Gasteiger charge is -2.40. The van der Waals surface area contributed by atoms with Crippen LogP contribution in [-0.2, 0) is 9.59 Å². The van der Waals surface area contributed by atoms with Crippen LogP contribution in [0.25, 0.3) is 0 Å². The SMILES string of the molecule is CC[C@@H](C)C(=O)Nc1ccc2c(n1)O[C@@](C)(CC(C)C)C(=O)N2c1cccc(Cl)c1. The summed E-state index contributed by atoms with van der Waals surface area (Å²) in [5.41, 5.74) is 0.0748. The Hall–Kier alpha value is -2.60. The number of anilines is 3. The molecule has 2 aromatic rings. The Morgan fingerprint density at radius 1 is 1.27 bits per heavy atom. The number of ether oxygens (including phenoxy) is 1. The maximum atomic E-state index is 13.5. The third-order valence-corrected chi connectivity index (χ3v) is 5.47. The van der Waals surface area contributed by atoms with Gasteiger partial charge in [0.05, 0.1) is 5.69 Å². The van der Waals surface area contributed by atoms with Crippen molar-refractivity contribution in [2.45, 2.75) is 53.1 Å². The lowest BCUT2D eigenvalue weighted by molar-refractivity contribution is -0.134. The molecule has 2 atom stereocenters. The molecule has 160 valence electrons. The highest BCUT2D eigenvalue weighted by Crippen LogP contribution is 2.43. The first-order valence-corrected chi connectivity index (χ1v) is 10.6. The molecule has 0 radical (unpaired) electrons. The zero-order chi connectivity index (χ0) is 22.1. The van der Waals surface area contributed by atoms with Crippen molar-refractivity contribution in [3.05, 3.63) is 41.4 Å². The van der Waals surface area contributed by atoms with Crippen LogP contribution in [0.1, 0.15) is 47.5 Å². The Labute approximate surface area is 182 Å². The van der Waals surface area contributed by atoms with Gasteiger partial charge in [0.25, 0.3) is 5.91 Å². The number of carbonyl (C=O) groups excluding carboxylic acids is 2. The highest BCUT2D eigenvalue weighted by molar-refractivity contribution is 6.31. The van der Waals surface area contributed by atoms with Crippen LogP contribution in [0.5, 0.6) is 5.88 Å². The molecule has 1 N–H and O–H groups in total. The smallest absolute Gasteiger partial charge is 0.275 e. The van der Waals surface area contributed by atoms with E-state index in [0.29, 0.717) is 34.5 Å². The molecule has 0 saturated carbocycles. The third-order valence-electron chi connectivity index (χ3n) is 5.23. The fourth-order valence-electron chi connectivity index (χ4n) is 3.57. The van der Waals surface area contributed by atoms with Crippen LogP contribution in [0.15, 0.2) is 36.4 Å². The van der Waals surface area contributed by atoms with E-state index < -0.39 is 5.60 Å². The lowest BCUT2D eigenvalue weighted by atomic mass is 9.91. The molecule has 3 rings (SSSR count). The minimum absolute atomic E-state index is 0.103. The number of benzene rings is 1. The zero-order valence-electron chi connectivity index (χ0n) is 18.0. The van der Waals surface area contributed by atoms with Crippen molar-refractivity contribution in [1.82, 2.24) is 4.98 Å². The van der Waals surface area contributed by atoms with Gasteiger partial charge in [-0.3, -0.25) is 14.5 Å². The van der Waals surface area contributed by atoms with Crippen molar-refractivity contribution in [1.29, 1.82) is 0 Å². The molecular weight excluding hydrogens is 402 g/mol. The summed E-state index contributed by atoms with van der Waals surface area (Å²) < 4.78 is 6.15. The second-order valence-electron chi connectivity index (χ2n) is 8.37. The first-order valence-electron chi connectivity index (χ1n) is 10.3. The van der Waals surface area contributed by atoms with E-state index in [-0.39, 0.29) is 23.7 Å². The minimum Gasteiger partial charge on any atom is -0.460 e. The van der Waals surface area contributed by atoms with Gasteiger partial charge in [0.1, 0.15) is 11.5 Å². The standard InChI is InChI=1S/C23H28ClN3O3/c1-6-15(4)20(28)25-19-11-10-18-21(26-19)30-23(5,13-14(2)3)22(29)27(18)17-9-7-8-16(24)12-17/h7-12,14-15H,6,13H2,1-5H3,(H,25,26,28)/t15-,23+/m1/s1. The Balaban J connectivity index is 2.06. The Bertz CT molecular complexity index is 962. The van der Waals surface area contributed by atoms with Crippen LogP contribution >= 0.6 is 11.6 Å². The van der Waals surface area contributed by atoms with Crippen LogP contribution in [0.3, 0.4) is 0 Å². The molecule has 2 amide bonds. The summed E-state index contributed by atoms with van der Waals surface area (Å²) in [7, 11) is 0. The van der Waals surface area contributed by atoms with Gasteiger partial charge in [-0.1, -0.05) is 45.4 Å². The van der Waals surface area contributed by atoms with Crippen molar-refractivity contribution in [2.24, 2.45) is 11.8 Å². The van der Waals surface area contributed by atoms with E-state index in [4.69, 9.17) is 16.3 Å². The van der Waals surface area contributed by atoms with E-state index in [2.05, 4.69) is 10.3 Å². The number of carbonyl (C=O) groups is 2. The summed E-state index contributed by atoms with van der Waals surface area (Å²) in [6.45, 7) is 9.68. The highest BCUT2D eigenvalue weighted by atomic mass is 35.5. The van der Waals surface area contributed by atoms with Gasteiger partial charge in [-0.25, -0.2) is 0 Å². The monoisotopic (exact) mass is 429 g/mol. The molecule has 6 nitrogen and oxygen atoms in total. The maximum absolute atomic E-state index is 13.5. The van der Waals surface area contributed by atoms with Gasteiger partial charge < -0.3 is 10.1 Å². The Morgan fingerprint density at radius 3 is 2.63 bits per heavy atom. The van der Waals surface area contributed by atoms with E-state index in [1.54, 1.807) is 42.2 Å². The second kappa shape index (κ2) is 8.64. The summed E-state index contributed by atoms with van der Waals surface area (Å²) >= 11 is 6.19. The van der Waals surface area contributed by atoms with Gasteiger partial charge in [0, 0.05) is 10.9 Å². The number of nitrogens with one attached hydrogen (secondary N) is 1. The molecule has 0 spiro atoms. The van der Waals surface area contributed by atoms with Gasteiger partial charge in [0.15, 0.2) is 5.60 Å². The molecule has 1 aromatic heterocycles. The van der Waals surface area contributed by atoms with Crippen molar-refractivity contribution in [3.8, 4) is 5.88 Å². The summed E-state index contributed by atoms with van der Waals surface area (Å²) in [6, 6.07) is 10.5. The molecule has 0 unspecified atom stereocenters. The molecule has 1 aromatic carbocycles. The number of fused-ring (bicyclic) bond motifs is 1. The number of pyridine rings is 1. The molecule has 7 heteroatoms. The lowest BCUT2D eigenvalue weighted by Crippen LogP contribution is -2.53. The van der Waals surface area contributed by atoms with E-state index in [0.717, 1.165) is 6.42 Å². The molecular formula is C23H28ClN3O3. The number of amides is 2. The average molecular weight is 430 g/mol. The van der Waals surface area contributed by atoms with Crippen LogP contribution in [-0.4, -0.2) is 22.4 Å². The van der Waals surface area contributed by atoms with Crippen LogP contribution in [0.4, 0.5) is 17.2 Å². The number of rotatable bonds is 6. The first kappa shape index (κ1) is 22.1. The predicted octanol–water partition coefficient (Wildman–Crippen LogP) is 5.58. The van der Waals surface area contributed by atoms with Crippen molar-refractivity contribution in [2.75, 3.05) is 10.2 Å². The predicted molar refractivity (Wildman–Crippen MR) is 119 cm³/mol. The number of nitrogens with zero attached hydrogens (tertiary/aromatic N) is 2. The topological polar surface area (TPSA) is 71.5 Å². The summed E-state index contributed by atoms with van der Waals surface area (Å²) in [5.74, 6) is 0.526. The average Bonchev–Trinajstić information content (AvgIpc) is 2.67. The number of aromatic nitrogens is 1.